The van der Waals surface area contributed by atoms with Crippen LogP contribution < -0.4 is 5.73 Å². The lowest BCUT2D eigenvalue weighted by Crippen LogP contribution is -2.22. The van der Waals surface area contributed by atoms with E-state index >= 15 is 0 Å². The minimum absolute atomic E-state index is 0.0928. The Hall–Kier alpha value is -1.78. The fourth-order valence-corrected chi connectivity index (χ4v) is 1.29. The van der Waals surface area contributed by atoms with Crippen molar-refractivity contribution < 1.29 is 13.2 Å². The highest BCUT2D eigenvalue weighted by atomic mass is 19.4. The number of nitrogens with zero attached hydrogens (tertiary/aromatic N) is 1. The van der Waals surface area contributed by atoms with E-state index in [2.05, 4.69) is 4.99 Å². The summed E-state index contributed by atoms with van der Waals surface area (Å²) in [6.45, 7) is 3.56. The van der Waals surface area contributed by atoms with Gasteiger partial charge in [0.15, 0.2) is 0 Å². The lowest BCUT2D eigenvalue weighted by Gasteiger charge is -2.12. The van der Waals surface area contributed by atoms with Gasteiger partial charge in [0.25, 0.3) is 0 Å². The summed E-state index contributed by atoms with van der Waals surface area (Å²) < 4.78 is 38.0. The summed E-state index contributed by atoms with van der Waals surface area (Å²) in [4.78, 5) is 3.97. The molecule has 0 atom stereocenters. The van der Waals surface area contributed by atoms with Crippen molar-refractivity contribution >= 4 is 11.8 Å². The summed E-state index contributed by atoms with van der Waals surface area (Å²) in [7, 11) is 0. The van der Waals surface area contributed by atoms with Gasteiger partial charge in [-0.2, -0.15) is 13.2 Å². The lowest BCUT2D eigenvalue weighted by molar-refractivity contribution is -0.0918. The van der Waals surface area contributed by atoms with Crippen LogP contribution in [0.5, 0.6) is 0 Å². The fourth-order valence-electron chi connectivity index (χ4n) is 1.29. The zero-order chi connectivity index (χ0) is 13.8. The molecule has 18 heavy (non-hydrogen) atoms. The van der Waals surface area contributed by atoms with Gasteiger partial charge in [0.05, 0.1) is 0 Å². The van der Waals surface area contributed by atoms with E-state index < -0.39 is 11.9 Å². The van der Waals surface area contributed by atoms with Gasteiger partial charge in [0.2, 0.25) is 0 Å². The Kier molecular flexibility index (Phi) is 4.53. The van der Waals surface area contributed by atoms with Crippen LogP contribution in [0.1, 0.15) is 19.4 Å². The van der Waals surface area contributed by atoms with Crippen molar-refractivity contribution in [1.82, 2.24) is 0 Å². The number of rotatable bonds is 3. The molecule has 0 aliphatic rings. The van der Waals surface area contributed by atoms with Gasteiger partial charge < -0.3 is 5.73 Å². The summed E-state index contributed by atoms with van der Waals surface area (Å²) in [6, 6.07) is 8.08. The van der Waals surface area contributed by atoms with Gasteiger partial charge in [-0.05, 0) is 19.4 Å². The summed E-state index contributed by atoms with van der Waals surface area (Å²) in [5.41, 5.74) is 4.35. The standard InChI is InChI=1S/C13H15F3N2/c1-9(2)18-8-11(12(17)13(14,15)16)10-6-4-3-5-7-10/h3-9H,17H2,1-2H3/b12-11+,18-8?. The SMILES string of the molecule is CC(C)N=C/C(=C(\N)C(F)(F)F)c1ccccc1. The Labute approximate surface area is 104 Å². The van der Waals surface area contributed by atoms with E-state index in [0.29, 0.717) is 5.56 Å². The van der Waals surface area contributed by atoms with Crippen molar-refractivity contribution in [3.8, 4) is 0 Å². The zero-order valence-corrected chi connectivity index (χ0v) is 10.2. The van der Waals surface area contributed by atoms with Crippen molar-refractivity contribution in [1.29, 1.82) is 0 Å². The van der Waals surface area contributed by atoms with E-state index in [1.807, 2.05) is 0 Å². The highest BCUT2D eigenvalue weighted by Gasteiger charge is 2.34. The molecule has 0 aromatic heterocycles. The molecule has 0 unspecified atom stereocenters. The third kappa shape index (κ3) is 3.91. The Bertz CT molecular complexity index is 445. The zero-order valence-electron chi connectivity index (χ0n) is 10.2. The van der Waals surface area contributed by atoms with E-state index in [1.165, 1.54) is 6.21 Å². The van der Waals surface area contributed by atoms with Gasteiger partial charge in [-0.25, -0.2) is 0 Å². The molecule has 0 fully saturated rings. The maximum atomic E-state index is 12.7. The van der Waals surface area contributed by atoms with Gasteiger partial charge in [-0.3, -0.25) is 4.99 Å². The predicted octanol–water partition coefficient (Wildman–Crippen LogP) is 3.40. The van der Waals surface area contributed by atoms with Crippen LogP contribution in [0.2, 0.25) is 0 Å². The first kappa shape index (κ1) is 14.3. The minimum Gasteiger partial charge on any atom is -0.394 e. The number of allylic oxidation sites excluding steroid dienone is 2. The smallest absolute Gasteiger partial charge is 0.394 e. The van der Waals surface area contributed by atoms with Gasteiger partial charge in [0, 0.05) is 17.8 Å². The normalized spacial score (nSPS) is 14.1. The monoisotopic (exact) mass is 256 g/mol. The van der Waals surface area contributed by atoms with E-state index in [-0.39, 0.29) is 11.6 Å². The third-order valence-corrected chi connectivity index (χ3v) is 2.18. The second-order valence-electron chi connectivity index (χ2n) is 4.06. The number of hydrogen-bond acceptors (Lipinski definition) is 2. The molecule has 1 rings (SSSR count). The second-order valence-corrected chi connectivity index (χ2v) is 4.06. The number of alkyl halides is 3. The molecule has 2 N–H and O–H groups in total. The maximum absolute atomic E-state index is 12.7. The van der Waals surface area contributed by atoms with Crippen LogP contribution in [0.25, 0.3) is 5.57 Å². The average Bonchev–Trinajstić information content (AvgIpc) is 2.29. The van der Waals surface area contributed by atoms with Crippen molar-refractivity contribution in [3.63, 3.8) is 0 Å². The Morgan fingerprint density at radius 3 is 2.22 bits per heavy atom. The van der Waals surface area contributed by atoms with Crippen LogP contribution in [-0.4, -0.2) is 18.4 Å². The highest BCUT2D eigenvalue weighted by molar-refractivity contribution is 6.11. The number of aliphatic imine (C=N–C) groups is 1. The Morgan fingerprint density at radius 2 is 1.78 bits per heavy atom. The number of nitrogens with two attached hydrogens (primary N) is 1. The van der Waals surface area contributed by atoms with Crippen LogP contribution in [-0.2, 0) is 0 Å². The first-order valence-corrected chi connectivity index (χ1v) is 5.48. The molecule has 0 spiro atoms. The molecule has 2 nitrogen and oxygen atoms in total. The van der Waals surface area contributed by atoms with Gasteiger partial charge in [-0.15, -0.1) is 0 Å². The van der Waals surface area contributed by atoms with Gasteiger partial charge in [-0.1, -0.05) is 30.3 Å². The molecule has 0 heterocycles. The molecule has 0 saturated carbocycles. The molecule has 0 radical (unpaired) electrons. The summed E-state index contributed by atoms with van der Waals surface area (Å²) in [5.74, 6) is 0. The number of halogens is 3. The van der Waals surface area contributed by atoms with Crippen LogP contribution in [0, 0.1) is 0 Å². The Morgan fingerprint density at radius 1 is 1.22 bits per heavy atom. The largest absolute Gasteiger partial charge is 0.431 e. The van der Waals surface area contributed by atoms with Crippen LogP contribution in [0.3, 0.4) is 0 Å². The maximum Gasteiger partial charge on any atom is 0.431 e. The molecule has 98 valence electrons. The molecule has 0 bridgehead atoms. The fraction of sp³-hybridized carbons (Fsp3) is 0.308. The molecule has 0 aliphatic heterocycles. The summed E-state index contributed by atoms with van der Waals surface area (Å²) in [6.07, 6.45) is -3.38. The van der Waals surface area contributed by atoms with E-state index in [9.17, 15) is 13.2 Å². The van der Waals surface area contributed by atoms with Gasteiger partial charge >= 0.3 is 6.18 Å². The molecule has 5 heteroatoms. The van der Waals surface area contributed by atoms with E-state index in [4.69, 9.17) is 5.73 Å². The minimum atomic E-state index is -4.56. The van der Waals surface area contributed by atoms with Crippen molar-refractivity contribution in [2.24, 2.45) is 10.7 Å². The molecular weight excluding hydrogens is 241 g/mol. The first-order chi connectivity index (χ1) is 8.32. The van der Waals surface area contributed by atoms with Crippen LogP contribution >= 0.6 is 0 Å². The topological polar surface area (TPSA) is 38.4 Å². The molecule has 1 aromatic rings. The number of benzene rings is 1. The molecule has 0 saturated heterocycles. The third-order valence-electron chi connectivity index (χ3n) is 2.18. The van der Waals surface area contributed by atoms with Gasteiger partial charge in [0.1, 0.15) is 5.70 Å². The second kappa shape index (κ2) is 5.71. The van der Waals surface area contributed by atoms with Crippen LogP contribution in [0.15, 0.2) is 41.0 Å². The molecule has 1 aromatic carbocycles. The highest BCUT2D eigenvalue weighted by Crippen LogP contribution is 2.28. The van der Waals surface area contributed by atoms with Crippen LogP contribution in [0.4, 0.5) is 13.2 Å². The number of hydrogen-bond donors (Lipinski definition) is 1. The molecule has 0 aliphatic carbocycles. The van der Waals surface area contributed by atoms with Crippen molar-refractivity contribution in [2.45, 2.75) is 26.1 Å². The summed E-state index contributed by atoms with van der Waals surface area (Å²) in [5, 5.41) is 0. The predicted molar refractivity (Wildman–Crippen MR) is 67.2 cm³/mol. The average molecular weight is 256 g/mol. The molecule has 0 amide bonds. The van der Waals surface area contributed by atoms with Crippen molar-refractivity contribution in [2.75, 3.05) is 0 Å². The molecular formula is C13H15F3N2. The van der Waals surface area contributed by atoms with Crippen molar-refractivity contribution in [3.05, 3.63) is 41.6 Å². The van der Waals surface area contributed by atoms with E-state index in [1.54, 1.807) is 44.2 Å². The first-order valence-electron chi connectivity index (χ1n) is 5.48. The lowest BCUT2D eigenvalue weighted by atomic mass is 10.0. The summed E-state index contributed by atoms with van der Waals surface area (Å²) >= 11 is 0. The van der Waals surface area contributed by atoms with E-state index in [0.717, 1.165) is 0 Å². The Balaban J connectivity index is 3.28. The quantitative estimate of drug-likeness (QED) is 0.827.